The molecule has 106 valence electrons. The van der Waals surface area contributed by atoms with Crippen LogP contribution in [0, 0.1) is 0 Å². The maximum atomic E-state index is 11.0. The van der Waals surface area contributed by atoms with Gasteiger partial charge in [-0.25, -0.2) is 4.79 Å². The van der Waals surface area contributed by atoms with E-state index in [4.69, 9.17) is 14.4 Å². The van der Waals surface area contributed by atoms with Crippen molar-refractivity contribution >= 4 is 5.97 Å². The summed E-state index contributed by atoms with van der Waals surface area (Å²) in [5.74, 6) is -0.0432. The zero-order valence-corrected chi connectivity index (χ0v) is 10.8. The molecular formula is C13H15N3O4. The number of benzene rings is 1. The van der Waals surface area contributed by atoms with E-state index < -0.39 is 5.97 Å². The lowest BCUT2D eigenvalue weighted by Crippen LogP contribution is -2.23. The van der Waals surface area contributed by atoms with Gasteiger partial charge in [-0.2, -0.15) is 4.98 Å². The molecule has 0 aliphatic heterocycles. The van der Waals surface area contributed by atoms with Gasteiger partial charge in [-0.3, -0.25) is 0 Å². The molecule has 0 saturated heterocycles. The van der Waals surface area contributed by atoms with E-state index in [9.17, 15) is 4.79 Å². The zero-order chi connectivity index (χ0) is 14.2. The second-order valence-corrected chi connectivity index (χ2v) is 3.98. The molecule has 0 radical (unpaired) electrons. The number of ether oxygens (including phenoxy) is 1. The highest BCUT2D eigenvalue weighted by molar-refractivity contribution is 5.90. The highest BCUT2D eigenvalue weighted by Crippen LogP contribution is 2.17. The summed E-state index contributed by atoms with van der Waals surface area (Å²) in [6.07, 6.45) is 2.01. The van der Waals surface area contributed by atoms with Gasteiger partial charge in [0.1, 0.15) is 17.9 Å². The van der Waals surface area contributed by atoms with Crippen LogP contribution in [0.2, 0.25) is 0 Å². The van der Waals surface area contributed by atoms with Crippen molar-refractivity contribution in [3.63, 3.8) is 0 Å². The van der Waals surface area contributed by atoms with E-state index in [0.717, 1.165) is 0 Å². The molecule has 0 saturated carbocycles. The molecule has 7 heteroatoms. The largest absolute Gasteiger partial charge is 0.491 e. The van der Waals surface area contributed by atoms with Crippen molar-refractivity contribution in [3.8, 4) is 5.75 Å². The Bertz CT molecular complexity index is 542. The van der Waals surface area contributed by atoms with Crippen molar-refractivity contribution in [3.05, 3.63) is 42.0 Å². The standard InChI is InChI=1S/C13H15N3O4/c17-13(18)10-3-1-2-4-11(10)19-8-7-14-6-5-12-15-9-16-20-12/h1-4,9,14H,5-8H2,(H,17,18). The lowest BCUT2D eigenvalue weighted by molar-refractivity contribution is 0.0692. The zero-order valence-electron chi connectivity index (χ0n) is 10.8. The summed E-state index contributed by atoms with van der Waals surface area (Å²) in [6, 6.07) is 6.56. The minimum absolute atomic E-state index is 0.165. The second-order valence-electron chi connectivity index (χ2n) is 3.98. The van der Waals surface area contributed by atoms with E-state index in [0.29, 0.717) is 37.8 Å². The molecule has 0 fully saturated rings. The average Bonchev–Trinajstić information content (AvgIpc) is 2.96. The average molecular weight is 277 g/mol. The third-order valence-corrected chi connectivity index (χ3v) is 2.58. The molecule has 1 aromatic carbocycles. The normalized spacial score (nSPS) is 10.4. The molecule has 2 rings (SSSR count). The molecule has 2 N–H and O–H groups in total. The molecule has 1 aromatic heterocycles. The van der Waals surface area contributed by atoms with Crippen molar-refractivity contribution < 1.29 is 19.2 Å². The predicted octanol–water partition coefficient (Wildman–Crippen LogP) is 0.979. The number of aromatic carboxylic acids is 1. The molecule has 0 aliphatic rings. The third-order valence-electron chi connectivity index (χ3n) is 2.58. The van der Waals surface area contributed by atoms with Crippen molar-refractivity contribution in [2.24, 2.45) is 0 Å². The first kappa shape index (κ1) is 14.0. The van der Waals surface area contributed by atoms with Crippen LogP contribution in [-0.4, -0.2) is 40.9 Å². The maximum absolute atomic E-state index is 11.0. The second kappa shape index (κ2) is 7.25. The van der Waals surface area contributed by atoms with E-state index in [2.05, 4.69) is 15.5 Å². The quantitative estimate of drug-likeness (QED) is 0.694. The minimum atomic E-state index is -0.995. The summed E-state index contributed by atoms with van der Waals surface area (Å²) in [5.41, 5.74) is 0.165. The Hall–Kier alpha value is -2.41. The molecule has 0 bridgehead atoms. The smallest absolute Gasteiger partial charge is 0.339 e. The Kier molecular flexibility index (Phi) is 5.08. The summed E-state index contributed by atoms with van der Waals surface area (Å²) >= 11 is 0. The van der Waals surface area contributed by atoms with Crippen LogP contribution in [0.25, 0.3) is 0 Å². The maximum Gasteiger partial charge on any atom is 0.339 e. The van der Waals surface area contributed by atoms with E-state index in [1.165, 1.54) is 12.4 Å². The fourth-order valence-electron chi connectivity index (χ4n) is 1.63. The summed E-state index contributed by atoms with van der Waals surface area (Å²) in [4.78, 5) is 14.9. The van der Waals surface area contributed by atoms with Gasteiger partial charge in [-0.1, -0.05) is 17.3 Å². The number of nitrogens with one attached hydrogen (secondary N) is 1. The van der Waals surface area contributed by atoms with Crippen LogP contribution < -0.4 is 10.1 Å². The first-order valence-electron chi connectivity index (χ1n) is 6.19. The molecule has 1 heterocycles. The van der Waals surface area contributed by atoms with Crippen LogP contribution in [0.3, 0.4) is 0 Å². The van der Waals surface area contributed by atoms with E-state index in [1.54, 1.807) is 18.2 Å². The van der Waals surface area contributed by atoms with Gasteiger partial charge < -0.3 is 19.7 Å². The summed E-state index contributed by atoms with van der Waals surface area (Å²) < 4.78 is 10.3. The van der Waals surface area contributed by atoms with Gasteiger partial charge >= 0.3 is 5.97 Å². The number of carbonyl (C=O) groups is 1. The van der Waals surface area contributed by atoms with Gasteiger partial charge in [0, 0.05) is 19.5 Å². The number of hydrogen-bond donors (Lipinski definition) is 2. The van der Waals surface area contributed by atoms with Crippen LogP contribution in [0.15, 0.2) is 35.1 Å². The summed E-state index contributed by atoms with van der Waals surface area (Å²) in [5, 5.41) is 15.6. The van der Waals surface area contributed by atoms with Gasteiger partial charge in [-0.15, -0.1) is 0 Å². The van der Waals surface area contributed by atoms with Gasteiger partial charge in [0.2, 0.25) is 5.89 Å². The summed E-state index contributed by atoms with van der Waals surface area (Å²) in [6.45, 7) is 1.67. The number of nitrogens with zero attached hydrogens (tertiary/aromatic N) is 2. The Labute approximate surface area is 115 Å². The molecule has 0 amide bonds. The van der Waals surface area contributed by atoms with Crippen molar-refractivity contribution in [1.29, 1.82) is 0 Å². The van der Waals surface area contributed by atoms with Crippen molar-refractivity contribution in [2.45, 2.75) is 6.42 Å². The third kappa shape index (κ3) is 4.06. The number of aromatic nitrogens is 2. The SMILES string of the molecule is O=C(O)c1ccccc1OCCNCCc1ncno1. The van der Waals surface area contributed by atoms with Gasteiger partial charge in [-0.05, 0) is 12.1 Å². The molecule has 0 aliphatic carbocycles. The highest BCUT2D eigenvalue weighted by atomic mass is 16.5. The Balaban J connectivity index is 1.67. The van der Waals surface area contributed by atoms with E-state index in [1.807, 2.05) is 0 Å². The first-order chi connectivity index (χ1) is 9.77. The molecule has 7 nitrogen and oxygen atoms in total. The van der Waals surface area contributed by atoms with Crippen LogP contribution >= 0.6 is 0 Å². The topological polar surface area (TPSA) is 97.5 Å². The molecule has 0 unspecified atom stereocenters. The Morgan fingerprint density at radius 2 is 2.20 bits per heavy atom. The fraction of sp³-hybridized carbons (Fsp3) is 0.308. The van der Waals surface area contributed by atoms with Crippen LogP contribution in [-0.2, 0) is 6.42 Å². The van der Waals surface area contributed by atoms with Crippen LogP contribution in [0.5, 0.6) is 5.75 Å². The molecular weight excluding hydrogens is 262 g/mol. The van der Waals surface area contributed by atoms with Gasteiger partial charge in [0.25, 0.3) is 0 Å². The first-order valence-corrected chi connectivity index (χ1v) is 6.19. The van der Waals surface area contributed by atoms with Crippen LogP contribution in [0.1, 0.15) is 16.2 Å². The number of rotatable bonds is 8. The number of carboxylic acids is 1. The molecule has 0 atom stereocenters. The number of para-hydroxylation sites is 1. The van der Waals surface area contributed by atoms with E-state index >= 15 is 0 Å². The van der Waals surface area contributed by atoms with Crippen molar-refractivity contribution in [2.75, 3.05) is 19.7 Å². The predicted molar refractivity (Wildman–Crippen MR) is 69.8 cm³/mol. The lowest BCUT2D eigenvalue weighted by atomic mass is 10.2. The Morgan fingerprint density at radius 1 is 1.35 bits per heavy atom. The molecule has 0 spiro atoms. The lowest BCUT2D eigenvalue weighted by Gasteiger charge is -2.09. The van der Waals surface area contributed by atoms with Crippen LogP contribution in [0.4, 0.5) is 0 Å². The van der Waals surface area contributed by atoms with Gasteiger partial charge in [0.15, 0.2) is 6.33 Å². The molecule has 20 heavy (non-hydrogen) atoms. The monoisotopic (exact) mass is 277 g/mol. The number of carboxylic acid groups (broad SMARTS) is 1. The summed E-state index contributed by atoms with van der Waals surface area (Å²) in [7, 11) is 0. The fourth-order valence-corrected chi connectivity index (χ4v) is 1.63. The Morgan fingerprint density at radius 3 is 2.95 bits per heavy atom. The number of hydrogen-bond acceptors (Lipinski definition) is 6. The minimum Gasteiger partial charge on any atom is -0.491 e. The highest BCUT2D eigenvalue weighted by Gasteiger charge is 2.09. The van der Waals surface area contributed by atoms with Crippen molar-refractivity contribution in [1.82, 2.24) is 15.5 Å². The molecule has 2 aromatic rings. The van der Waals surface area contributed by atoms with E-state index in [-0.39, 0.29) is 5.56 Å². The van der Waals surface area contributed by atoms with Gasteiger partial charge in [0.05, 0.1) is 0 Å².